The highest BCUT2D eigenvalue weighted by Crippen LogP contribution is 2.32. The lowest BCUT2D eigenvalue weighted by atomic mass is 9.90. The molecule has 5 heteroatoms. The fraction of sp³-hybridized carbons (Fsp3) is 0.458. The molecule has 29 heavy (non-hydrogen) atoms. The first-order valence-electron chi connectivity index (χ1n) is 10.7. The summed E-state index contributed by atoms with van der Waals surface area (Å²) in [6.07, 6.45) is 3.18. The number of hydrogen-bond donors (Lipinski definition) is 1. The van der Waals surface area contributed by atoms with E-state index in [2.05, 4.69) is 46.6 Å². The molecule has 0 radical (unpaired) electrons. The topological polar surface area (TPSA) is 44.8 Å². The summed E-state index contributed by atoms with van der Waals surface area (Å²) in [6, 6.07) is 18.9. The van der Waals surface area contributed by atoms with Crippen LogP contribution in [0.5, 0.6) is 5.75 Å². The molecular weight excluding hydrogens is 362 g/mol. The van der Waals surface area contributed by atoms with E-state index in [4.69, 9.17) is 4.74 Å². The van der Waals surface area contributed by atoms with Crippen molar-refractivity contribution >= 4 is 11.7 Å². The van der Waals surface area contributed by atoms with Gasteiger partial charge in [0, 0.05) is 32.7 Å². The number of hydrogen-bond acceptors (Lipinski definition) is 3. The Morgan fingerprint density at radius 1 is 1.00 bits per heavy atom. The van der Waals surface area contributed by atoms with Gasteiger partial charge in [0.1, 0.15) is 5.75 Å². The number of nitrogens with zero attached hydrogens (tertiary/aromatic N) is 2. The molecule has 0 aromatic heterocycles. The molecule has 0 spiro atoms. The van der Waals surface area contributed by atoms with Gasteiger partial charge >= 0.3 is 6.03 Å². The van der Waals surface area contributed by atoms with E-state index in [9.17, 15) is 4.79 Å². The van der Waals surface area contributed by atoms with Crippen molar-refractivity contribution in [2.45, 2.75) is 25.2 Å². The zero-order chi connectivity index (χ0) is 20.1. The fourth-order valence-corrected chi connectivity index (χ4v) is 4.59. The second-order valence-corrected chi connectivity index (χ2v) is 8.13. The molecule has 2 heterocycles. The molecule has 2 aliphatic rings. The molecule has 2 amide bonds. The molecule has 2 aromatic rings. The van der Waals surface area contributed by atoms with Gasteiger partial charge in [-0.05, 0) is 48.8 Å². The van der Waals surface area contributed by atoms with Gasteiger partial charge in [0.05, 0.1) is 12.8 Å². The fourth-order valence-electron chi connectivity index (χ4n) is 4.59. The molecule has 1 atom stereocenters. The van der Waals surface area contributed by atoms with Crippen molar-refractivity contribution in [3.05, 3.63) is 60.2 Å². The summed E-state index contributed by atoms with van der Waals surface area (Å²) in [5.74, 6) is 1.97. The number of para-hydroxylation sites is 2. The highest BCUT2D eigenvalue weighted by atomic mass is 16.5. The molecule has 2 aromatic carbocycles. The zero-order valence-electron chi connectivity index (χ0n) is 17.2. The molecule has 2 aliphatic heterocycles. The van der Waals surface area contributed by atoms with Gasteiger partial charge < -0.3 is 19.9 Å². The van der Waals surface area contributed by atoms with E-state index >= 15 is 0 Å². The van der Waals surface area contributed by atoms with E-state index in [1.54, 1.807) is 7.11 Å². The zero-order valence-corrected chi connectivity index (χ0v) is 17.2. The van der Waals surface area contributed by atoms with Crippen molar-refractivity contribution < 1.29 is 9.53 Å². The van der Waals surface area contributed by atoms with Gasteiger partial charge in [0.2, 0.25) is 0 Å². The van der Waals surface area contributed by atoms with Crippen LogP contribution in [0, 0.1) is 5.92 Å². The third-order valence-corrected chi connectivity index (χ3v) is 6.31. The van der Waals surface area contributed by atoms with Gasteiger partial charge in [0.25, 0.3) is 0 Å². The second kappa shape index (κ2) is 9.21. The highest BCUT2D eigenvalue weighted by molar-refractivity contribution is 5.74. The molecule has 2 saturated heterocycles. The van der Waals surface area contributed by atoms with Gasteiger partial charge in [-0.1, -0.05) is 42.5 Å². The van der Waals surface area contributed by atoms with Crippen molar-refractivity contribution in [3.8, 4) is 5.75 Å². The molecule has 1 unspecified atom stereocenters. The van der Waals surface area contributed by atoms with Crippen molar-refractivity contribution in [1.29, 1.82) is 0 Å². The highest BCUT2D eigenvalue weighted by Gasteiger charge is 2.27. The van der Waals surface area contributed by atoms with E-state index in [-0.39, 0.29) is 6.03 Å². The predicted octanol–water partition coefficient (Wildman–Crippen LogP) is 4.11. The SMILES string of the molecule is COc1ccccc1N1CCC(CNC(=O)N2CCC(c3ccccc3)CC2)C1. The number of urea groups is 1. The Kier molecular flexibility index (Phi) is 6.23. The number of rotatable bonds is 5. The summed E-state index contributed by atoms with van der Waals surface area (Å²) in [7, 11) is 1.72. The summed E-state index contributed by atoms with van der Waals surface area (Å²) in [5.41, 5.74) is 2.54. The minimum atomic E-state index is 0.0900. The number of ether oxygens (including phenoxy) is 1. The average molecular weight is 394 g/mol. The van der Waals surface area contributed by atoms with Gasteiger partial charge in [-0.25, -0.2) is 4.79 Å². The van der Waals surface area contributed by atoms with Gasteiger partial charge in [-0.15, -0.1) is 0 Å². The maximum Gasteiger partial charge on any atom is 0.317 e. The second-order valence-electron chi connectivity index (χ2n) is 8.13. The largest absolute Gasteiger partial charge is 0.495 e. The predicted molar refractivity (Wildman–Crippen MR) is 117 cm³/mol. The molecule has 4 rings (SSSR count). The molecule has 0 aliphatic carbocycles. The Morgan fingerprint density at radius 2 is 1.72 bits per heavy atom. The van der Waals surface area contributed by atoms with E-state index in [1.807, 2.05) is 23.1 Å². The number of carbonyl (C=O) groups excluding carboxylic acids is 1. The molecule has 2 fully saturated rings. The number of anilines is 1. The third kappa shape index (κ3) is 4.66. The average Bonchev–Trinajstić information content (AvgIpc) is 3.27. The van der Waals surface area contributed by atoms with Crippen LogP contribution >= 0.6 is 0 Å². The third-order valence-electron chi connectivity index (χ3n) is 6.31. The molecule has 1 N–H and O–H groups in total. The summed E-state index contributed by atoms with van der Waals surface area (Å²) >= 11 is 0. The Morgan fingerprint density at radius 3 is 2.48 bits per heavy atom. The number of nitrogens with one attached hydrogen (secondary N) is 1. The van der Waals surface area contributed by atoms with Crippen LogP contribution < -0.4 is 15.0 Å². The van der Waals surface area contributed by atoms with E-state index in [1.165, 1.54) is 5.56 Å². The Labute approximate surface area is 173 Å². The summed E-state index contributed by atoms with van der Waals surface area (Å²) < 4.78 is 5.49. The van der Waals surface area contributed by atoms with Gasteiger partial charge in [-0.2, -0.15) is 0 Å². The lowest BCUT2D eigenvalue weighted by molar-refractivity contribution is 0.180. The summed E-state index contributed by atoms with van der Waals surface area (Å²) in [4.78, 5) is 17.0. The number of benzene rings is 2. The first-order chi connectivity index (χ1) is 14.2. The van der Waals surface area contributed by atoms with Crippen LogP contribution in [-0.2, 0) is 0 Å². The van der Waals surface area contributed by atoms with Crippen LogP contribution in [0.15, 0.2) is 54.6 Å². The van der Waals surface area contributed by atoms with Crippen molar-refractivity contribution in [2.75, 3.05) is 44.7 Å². The van der Waals surface area contributed by atoms with Crippen LogP contribution in [0.25, 0.3) is 0 Å². The van der Waals surface area contributed by atoms with E-state index in [0.717, 1.165) is 63.4 Å². The van der Waals surface area contributed by atoms with Crippen LogP contribution in [0.1, 0.15) is 30.7 Å². The smallest absolute Gasteiger partial charge is 0.317 e. The van der Waals surface area contributed by atoms with Crippen LogP contribution in [0.4, 0.5) is 10.5 Å². The van der Waals surface area contributed by atoms with Crippen LogP contribution in [-0.4, -0.2) is 50.8 Å². The van der Waals surface area contributed by atoms with Crippen LogP contribution in [0.3, 0.4) is 0 Å². The van der Waals surface area contributed by atoms with Crippen molar-refractivity contribution in [1.82, 2.24) is 10.2 Å². The number of carbonyl (C=O) groups is 1. The summed E-state index contributed by atoms with van der Waals surface area (Å²) in [6.45, 7) is 4.37. The standard InChI is InChI=1S/C24H31N3O2/c1-29-23-10-6-5-9-22(23)27-14-11-19(18-27)17-25-24(28)26-15-12-21(13-16-26)20-7-3-2-4-8-20/h2-10,19,21H,11-18H2,1H3,(H,25,28). The molecule has 5 nitrogen and oxygen atoms in total. The van der Waals surface area contributed by atoms with Gasteiger partial charge in [0.15, 0.2) is 0 Å². The van der Waals surface area contributed by atoms with E-state index in [0.29, 0.717) is 11.8 Å². The molecule has 0 bridgehead atoms. The maximum absolute atomic E-state index is 12.6. The van der Waals surface area contributed by atoms with Gasteiger partial charge in [-0.3, -0.25) is 0 Å². The summed E-state index contributed by atoms with van der Waals surface area (Å²) in [5, 5.41) is 3.18. The molecule has 0 saturated carbocycles. The normalized spacial score (nSPS) is 20.0. The minimum Gasteiger partial charge on any atom is -0.495 e. The lowest BCUT2D eigenvalue weighted by Crippen LogP contribution is -2.45. The first-order valence-corrected chi connectivity index (χ1v) is 10.7. The number of piperidine rings is 1. The number of methoxy groups -OCH3 is 1. The Bertz CT molecular complexity index is 803. The first kappa shape index (κ1) is 19.6. The van der Waals surface area contributed by atoms with Crippen molar-refractivity contribution in [3.63, 3.8) is 0 Å². The number of likely N-dealkylation sites (tertiary alicyclic amines) is 1. The Balaban J connectivity index is 1.23. The molecule has 154 valence electrons. The van der Waals surface area contributed by atoms with Crippen LogP contribution in [0.2, 0.25) is 0 Å². The maximum atomic E-state index is 12.6. The number of amides is 2. The Hall–Kier alpha value is -2.69. The minimum absolute atomic E-state index is 0.0900. The lowest BCUT2D eigenvalue weighted by Gasteiger charge is -2.32. The quantitative estimate of drug-likeness (QED) is 0.831. The van der Waals surface area contributed by atoms with E-state index < -0.39 is 0 Å². The van der Waals surface area contributed by atoms with Crippen molar-refractivity contribution in [2.24, 2.45) is 5.92 Å². The molecular formula is C24H31N3O2. The monoisotopic (exact) mass is 393 g/mol.